The zero-order chi connectivity index (χ0) is 17.2. The molecule has 0 saturated carbocycles. The molecule has 3 nitrogen and oxygen atoms in total. The summed E-state index contributed by atoms with van der Waals surface area (Å²) >= 11 is 0. The molecule has 0 spiro atoms. The van der Waals surface area contributed by atoms with Crippen LogP contribution in [0.4, 0.5) is 11.4 Å². The summed E-state index contributed by atoms with van der Waals surface area (Å²) in [5.74, 6) is 0.872. The van der Waals surface area contributed by atoms with Gasteiger partial charge >= 0.3 is 0 Å². The van der Waals surface area contributed by atoms with Gasteiger partial charge in [0.05, 0.1) is 18.4 Å². The summed E-state index contributed by atoms with van der Waals surface area (Å²) in [4.78, 5) is 2.30. The van der Waals surface area contributed by atoms with Crippen molar-refractivity contribution in [2.24, 2.45) is 0 Å². The first kappa shape index (κ1) is 15.5. The second kappa shape index (κ2) is 6.44. The Balaban J connectivity index is 1.91. The number of methoxy groups -OCH3 is 1. The summed E-state index contributed by atoms with van der Waals surface area (Å²) in [6.07, 6.45) is 2.21. The van der Waals surface area contributed by atoms with Gasteiger partial charge in [0.15, 0.2) is 6.21 Å². The summed E-state index contributed by atoms with van der Waals surface area (Å²) in [7, 11) is 3.86. The number of hydrogen-bond donors (Lipinski definition) is 0. The number of rotatable bonds is 3. The molecule has 3 heteroatoms. The summed E-state index contributed by atoms with van der Waals surface area (Å²) in [5.41, 5.74) is 5.98. The minimum absolute atomic E-state index is 0.809. The fourth-order valence-corrected chi connectivity index (χ4v) is 3.39. The van der Waals surface area contributed by atoms with E-state index in [0.717, 1.165) is 18.0 Å². The van der Waals surface area contributed by atoms with E-state index < -0.39 is 0 Å². The molecule has 0 saturated heterocycles. The van der Waals surface area contributed by atoms with Crippen LogP contribution in [-0.4, -0.2) is 31.6 Å². The van der Waals surface area contributed by atoms with Crippen LogP contribution in [0.15, 0.2) is 72.8 Å². The van der Waals surface area contributed by atoms with E-state index in [1.165, 1.54) is 22.5 Å². The standard InChI is InChI=1S/C22H21N2O/c1-23-16-24(19-11-7-4-8-12-19)15-18-13-20(25-2)14-21(22(18)23)17-9-5-3-6-10-17/h3-15H,16H2,1-2H3/q+1. The molecule has 3 aromatic rings. The van der Waals surface area contributed by atoms with Crippen molar-refractivity contribution in [1.82, 2.24) is 0 Å². The van der Waals surface area contributed by atoms with Gasteiger partial charge in [-0.25, -0.2) is 0 Å². The third-order valence-corrected chi connectivity index (χ3v) is 4.56. The van der Waals surface area contributed by atoms with Crippen LogP contribution >= 0.6 is 0 Å². The van der Waals surface area contributed by atoms with Gasteiger partial charge in [-0.1, -0.05) is 48.5 Å². The fraction of sp³-hybridized carbons (Fsp3) is 0.136. The first-order valence-electron chi connectivity index (χ1n) is 8.41. The van der Waals surface area contributed by atoms with Crippen molar-refractivity contribution in [3.05, 3.63) is 78.4 Å². The molecule has 0 bridgehead atoms. The van der Waals surface area contributed by atoms with E-state index in [9.17, 15) is 0 Å². The quantitative estimate of drug-likeness (QED) is 0.656. The molecule has 3 aromatic carbocycles. The molecule has 124 valence electrons. The molecule has 0 radical (unpaired) electrons. The molecule has 0 unspecified atom stereocenters. The molecule has 0 atom stereocenters. The molecule has 0 fully saturated rings. The topological polar surface area (TPSA) is 15.5 Å². The van der Waals surface area contributed by atoms with E-state index in [0.29, 0.717) is 0 Å². The highest BCUT2D eigenvalue weighted by Gasteiger charge is 2.25. The van der Waals surface area contributed by atoms with Crippen LogP contribution in [-0.2, 0) is 0 Å². The number of anilines is 1. The lowest BCUT2D eigenvalue weighted by Gasteiger charge is -2.26. The van der Waals surface area contributed by atoms with Gasteiger partial charge in [-0.15, -0.1) is 0 Å². The van der Waals surface area contributed by atoms with Crippen LogP contribution in [0.1, 0.15) is 5.56 Å². The van der Waals surface area contributed by atoms with Crippen molar-refractivity contribution < 1.29 is 9.31 Å². The van der Waals surface area contributed by atoms with Gasteiger partial charge in [0.1, 0.15) is 5.75 Å². The van der Waals surface area contributed by atoms with Crippen LogP contribution in [0, 0.1) is 0 Å². The SMILES string of the molecule is COc1cc2c(c(-c3ccccc3)c1)N(C)C[N+](c1ccccc1)=C2. The minimum Gasteiger partial charge on any atom is -0.497 e. The van der Waals surface area contributed by atoms with Gasteiger partial charge < -0.3 is 9.64 Å². The molecule has 0 aliphatic carbocycles. The Morgan fingerprint density at radius 1 is 0.920 bits per heavy atom. The lowest BCUT2D eigenvalue weighted by molar-refractivity contribution is -0.435. The van der Waals surface area contributed by atoms with Crippen molar-refractivity contribution in [2.45, 2.75) is 0 Å². The number of hydrogen-bond acceptors (Lipinski definition) is 2. The zero-order valence-electron chi connectivity index (χ0n) is 14.5. The second-order valence-corrected chi connectivity index (χ2v) is 6.25. The van der Waals surface area contributed by atoms with E-state index in [1.54, 1.807) is 7.11 Å². The van der Waals surface area contributed by atoms with Crippen LogP contribution in [0.5, 0.6) is 5.75 Å². The predicted octanol–water partition coefficient (Wildman–Crippen LogP) is 4.53. The fourth-order valence-electron chi connectivity index (χ4n) is 3.39. The average Bonchev–Trinajstić information content (AvgIpc) is 2.68. The maximum atomic E-state index is 5.56. The summed E-state index contributed by atoms with van der Waals surface area (Å²) < 4.78 is 7.82. The Labute approximate surface area is 148 Å². The van der Waals surface area contributed by atoms with Gasteiger partial charge in [-0.2, -0.15) is 4.58 Å². The zero-order valence-corrected chi connectivity index (χ0v) is 14.5. The van der Waals surface area contributed by atoms with Crippen LogP contribution in [0.25, 0.3) is 11.1 Å². The molecule has 1 heterocycles. The number of para-hydroxylation sites is 1. The van der Waals surface area contributed by atoms with E-state index in [-0.39, 0.29) is 0 Å². The van der Waals surface area contributed by atoms with Crippen molar-refractivity contribution in [3.8, 4) is 16.9 Å². The Kier molecular flexibility index (Phi) is 3.98. The van der Waals surface area contributed by atoms with Gasteiger partial charge in [0.2, 0.25) is 12.4 Å². The van der Waals surface area contributed by atoms with Gasteiger partial charge in [0, 0.05) is 24.7 Å². The lowest BCUT2D eigenvalue weighted by Crippen LogP contribution is -2.32. The summed E-state index contributed by atoms with van der Waals surface area (Å²) in [6.45, 7) is 0.809. The number of benzene rings is 3. The molecule has 0 aromatic heterocycles. The first-order chi connectivity index (χ1) is 12.3. The Morgan fingerprint density at radius 2 is 1.60 bits per heavy atom. The Bertz CT molecular complexity index is 918. The van der Waals surface area contributed by atoms with Crippen molar-refractivity contribution >= 4 is 17.6 Å². The van der Waals surface area contributed by atoms with E-state index in [4.69, 9.17) is 4.74 Å². The highest BCUT2D eigenvalue weighted by atomic mass is 16.5. The second-order valence-electron chi connectivity index (χ2n) is 6.25. The van der Waals surface area contributed by atoms with Gasteiger partial charge in [0.25, 0.3) is 0 Å². The molecular formula is C22H21N2O+. The van der Waals surface area contributed by atoms with Crippen molar-refractivity contribution in [1.29, 1.82) is 0 Å². The van der Waals surface area contributed by atoms with E-state index >= 15 is 0 Å². The molecule has 1 aliphatic heterocycles. The number of fused-ring (bicyclic) bond motifs is 1. The largest absolute Gasteiger partial charge is 0.497 e. The highest BCUT2D eigenvalue weighted by molar-refractivity contribution is 5.95. The maximum absolute atomic E-state index is 5.56. The minimum atomic E-state index is 0.809. The Morgan fingerprint density at radius 3 is 2.28 bits per heavy atom. The third kappa shape index (κ3) is 2.89. The van der Waals surface area contributed by atoms with E-state index in [2.05, 4.69) is 83.4 Å². The van der Waals surface area contributed by atoms with E-state index in [1.807, 2.05) is 12.1 Å². The molecule has 1 aliphatic rings. The van der Waals surface area contributed by atoms with Crippen LogP contribution in [0.3, 0.4) is 0 Å². The molecular weight excluding hydrogens is 308 g/mol. The van der Waals surface area contributed by atoms with Crippen molar-refractivity contribution in [3.63, 3.8) is 0 Å². The predicted molar refractivity (Wildman–Crippen MR) is 103 cm³/mol. The van der Waals surface area contributed by atoms with Gasteiger partial charge in [-0.05, 0) is 17.7 Å². The smallest absolute Gasteiger partial charge is 0.224 e. The normalized spacial score (nSPS) is 13.2. The average molecular weight is 329 g/mol. The van der Waals surface area contributed by atoms with Crippen LogP contribution in [0.2, 0.25) is 0 Å². The highest BCUT2D eigenvalue weighted by Crippen LogP contribution is 2.38. The number of nitrogens with zero attached hydrogens (tertiary/aromatic N) is 2. The van der Waals surface area contributed by atoms with Crippen LogP contribution < -0.4 is 9.64 Å². The van der Waals surface area contributed by atoms with Gasteiger partial charge in [-0.3, -0.25) is 0 Å². The summed E-state index contributed by atoms with van der Waals surface area (Å²) in [5, 5.41) is 0. The number of ether oxygens (including phenoxy) is 1. The third-order valence-electron chi connectivity index (χ3n) is 4.56. The monoisotopic (exact) mass is 329 g/mol. The lowest BCUT2D eigenvalue weighted by atomic mass is 9.98. The molecule has 0 amide bonds. The summed E-state index contributed by atoms with van der Waals surface area (Å²) in [6, 6.07) is 25.2. The molecule has 4 rings (SSSR count). The van der Waals surface area contributed by atoms with Crippen molar-refractivity contribution in [2.75, 3.05) is 25.7 Å². The molecule has 25 heavy (non-hydrogen) atoms. The maximum Gasteiger partial charge on any atom is 0.224 e. The Hall–Kier alpha value is -3.07. The molecule has 0 N–H and O–H groups in total. The first-order valence-corrected chi connectivity index (χ1v) is 8.41.